The number of H-pyrrole nitrogens is 1. The van der Waals surface area contributed by atoms with Crippen LogP contribution in [0.4, 0.5) is 0 Å². The largest absolute Gasteiger partial charge is 0.356 e. The van der Waals surface area contributed by atoms with Crippen LogP contribution in [0.1, 0.15) is 29.8 Å². The van der Waals surface area contributed by atoms with Gasteiger partial charge in [-0.05, 0) is 26.0 Å². The summed E-state index contributed by atoms with van der Waals surface area (Å²) < 4.78 is 26.8. The molecule has 0 radical (unpaired) electrons. The van der Waals surface area contributed by atoms with Crippen molar-refractivity contribution in [2.24, 2.45) is 0 Å². The average Bonchev–Trinajstić information content (AvgIpc) is 3.06. The highest BCUT2D eigenvalue weighted by Gasteiger charge is 2.28. The highest BCUT2D eigenvalue weighted by atomic mass is 32.2. The second-order valence-corrected chi connectivity index (χ2v) is 8.25. The maximum absolute atomic E-state index is 12.6. The van der Waals surface area contributed by atoms with Gasteiger partial charge in [0.15, 0.2) is 0 Å². The predicted molar refractivity (Wildman–Crippen MR) is 86.8 cm³/mol. The lowest BCUT2D eigenvalue weighted by atomic mass is 10.2. The van der Waals surface area contributed by atoms with Gasteiger partial charge in [-0.15, -0.1) is 0 Å². The van der Waals surface area contributed by atoms with Gasteiger partial charge >= 0.3 is 0 Å². The van der Waals surface area contributed by atoms with Crippen LogP contribution in [0.5, 0.6) is 0 Å². The Hall–Kier alpha value is -1.38. The van der Waals surface area contributed by atoms with E-state index in [0.717, 1.165) is 32.4 Å². The lowest BCUT2D eigenvalue weighted by Gasteiger charge is -2.32. The molecule has 0 atom stereocenters. The molecule has 23 heavy (non-hydrogen) atoms. The van der Waals surface area contributed by atoms with Crippen LogP contribution in [-0.4, -0.2) is 79.7 Å². The van der Waals surface area contributed by atoms with Gasteiger partial charge in [-0.25, -0.2) is 8.42 Å². The van der Waals surface area contributed by atoms with E-state index in [1.54, 1.807) is 4.90 Å². The van der Waals surface area contributed by atoms with Gasteiger partial charge in [-0.2, -0.15) is 4.31 Å². The summed E-state index contributed by atoms with van der Waals surface area (Å²) in [7, 11) is -1.46. The van der Waals surface area contributed by atoms with E-state index in [2.05, 4.69) is 9.88 Å². The van der Waals surface area contributed by atoms with Gasteiger partial charge in [-0.1, -0.05) is 6.42 Å². The maximum Gasteiger partial charge on any atom is 0.270 e. The molecule has 0 aromatic carbocycles. The van der Waals surface area contributed by atoms with Crippen LogP contribution in [0.2, 0.25) is 0 Å². The molecule has 0 unspecified atom stereocenters. The van der Waals surface area contributed by atoms with Gasteiger partial charge in [0.05, 0.1) is 0 Å². The van der Waals surface area contributed by atoms with E-state index in [1.165, 1.54) is 16.6 Å². The standard InChI is InChI=1S/C15H24N4O3S/c1-17-7-9-18(10-8-17)15(20)14-11-13(12-16-14)23(21,22)19-5-3-2-4-6-19/h11-12,16H,2-10H2,1H3. The molecule has 0 aliphatic carbocycles. The number of nitrogens with one attached hydrogen (secondary N) is 1. The third kappa shape index (κ3) is 3.44. The van der Waals surface area contributed by atoms with Crippen molar-refractivity contribution in [1.29, 1.82) is 0 Å². The number of piperidine rings is 1. The summed E-state index contributed by atoms with van der Waals surface area (Å²) in [6.07, 6.45) is 4.31. The SMILES string of the molecule is CN1CCN(C(=O)c2cc(S(=O)(=O)N3CCCCC3)c[nH]2)CC1. The summed E-state index contributed by atoms with van der Waals surface area (Å²) in [6.45, 7) is 4.15. The summed E-state index contributed by atoms with van der Waals surface area (Å²) in [5, 5.41) is 0. The second kappa shape index (κ2) is 6.62. The zero-order valence-electron chi connectivity index (χ0n) is 13.5. The molecule has 1 aromatic rings. The molecular formula is C15H24N4O3S. The van der Waals surface area contributed by atoms with Crippen LogP contribution in [0.3, 0.4) is 0 Å². The molecule has 0 bridgehead atoms. The highest BCUT2D eigenvalue weighted by Crippen LogP contribution is 2.21. The van der Waals surface area contributed by atoms with Crippen molar-refractivity contribution in [2.45, 2.75) is 24.2 Å². The minimum Gasteiger partial charge on any atom is -0.356 e. The molecule has 2 fully saturated rings. The number of amides is 1. The first-order valence-corrected chi connectivity index (χ1v) is 9.59. The summed E-state index contributed by atoms with van der Waals surface area (Å²) in [4.78, 5) is 19.5. The lowest BCUT2D eigenvalue weighted by Crippen LogP contribution is -2.47. The lowest BCUT2D eigenvalue weighted by molar-refractivity contribution is 0.0659. The van der Waals surface area contributed by atoms with Crippen molar-refractivity contribution >= 4 is 15.9 Å². The number of nitrogens with zero attached hydrogens (tertiary/aromatic N) is 3. The van der Waals surface area contributed by atoms with E-state index in [4.69, 9.17) is 0 Å². The highest BCUT2D eigenvalue weighted by molar-refractivity contribution is 7.89. The molecule has 1 N–H and O–H groups in total. The molecule has 8 heteroatoms. The Kier molecular flexibility index (Phi) is 4.74. The molecule has 0 saturated carbocycles. The van der Waals surface area contributed by atoms with Crippen molar-refractivity contribution in [3.8, 4) is 0 Å². The summed E-state index contributed by atoms with van der Waals surface area (Å²) >= 11 is 0. The Morgan fingerprint density at radius 2 is 1.70 bits per heavy atom. The maximum atomic E-state index is 12.6. The van der Waals surface area contributed by atoms with Gasteiger partial charge in [0.1, 0.15) is 10.6 Å². The van der Waals surface area contributed by atoms with E-state index in [9.17, 15) is 13.2 Å². The first-order valence-electron chi connectivity index (χ1n) is 8.15. The zero-order chi connectivity index (χ0) is 16.4. The molecule has 128 valence electrons. The Morgan fingerprint density at radius 3 is 2.35 bits per heavy atom. The Balaban J connectivity index is 1.73. The van der Waals surface area contributed by atoms with Crippen molar-refractivity contribution in [1.82, 2.24) is 19.1 Å². The summed E-state index contributed by atoms with van der Waals surface area (Å²) in [5.74, 6) is -0.127. The number of hydrogen-bond acceptors (Lipinski definition) is 4. The van der Waals surface area contributed by atoms with Crippen LogP contribution in [0, 0.1) is 0 Å². The molecule has 1 amide bonds. The second-order valence-electron chi connectivity index (χ2n) is 6.31. The van der Waals surface area contributed by atoms with E-state index in [-0.39, 0.29) is 10.8 Å². The van der Waals surface area contributed by atoms with Crippen LogP contribution < -0.4 is 0 Å². The molecule has 3 heterocycles. The van der Waals surface area contributed by atoms with Gasteiger partial charge in [0, 0.05) is 45.5 Å². The van der Waals surface area contributed by atoms with E-state index in [0.29, 0.717) is 31.9 Å². The van der Waals surface area contributed by atoms with Gasteiger partial charge in [0.25, 0.3) is 5.91 Å². The third-order valence-electron chi connectivity index (χ3n) is 4.63. The zero-order valence-corrected chi connectivity index (χ0v) is 14.3. The predicted octanol–water partition coefficient (Wildman–Crippen LogP) is 0.577. The minimum atomic E-state index is -3.49. The topological polar surface area (TPSA) is 76.7 Å². The first-order chi connectivity index (χ1) is 11.0. The molecule has 2 aliphatic rings. The van der Waals surface area contributed by atoms with Crippen molar-refractivity contribution in [3.63, 3.8) is 0 Å². The van der Waals surface area contributed by atoms with Crippen LogP contribution >= 0.6 is 0 Å². The number of carbonyl (C=O) groups is 1. The molecular weight excluding hydrogens is 316 g/mol. The molecule has 2 saturated heterocycles. The minimum absolute atomic E-state index is 0.127. The van der Waals surface area contributed by atoms with Gasteiger partial charge in [0.2, 0.25) is 10.0 Å². The van der Waals surface area contributed by atoms with Crippen molar-refractivity contribution in [3.05, 3.63) is 18.0 Å². The first kappa shape index (κ1) is 16.5. The number of rotatable bonds is 3. The van der Waals surface area contributed by atoms with Crippen molar-refractivity contribution in [2.75, 3.05) is 46.3 Å². The number of sulfonamides is 1. The fraction of sp³-hybridized carbons (Fsp3) is 0.667. The van der Waals surface area contributed by atoms with E-state index < -0.39 is 10.0 Å². The van der Waals surface area contributed by atoms with Crippen molar-refractivity contribution < 1.29 is 13.2 Å². The monoisotopic (exact) mass is 340 g/mol. The van der Waals surface area contributed by atoms with E-state index in [1.807, 2.05) is 7.05 Å². The number of aromatic nitrogens is 1. The van der Waals surface area contributed by atoms with Gasteiger partial charge in [-0.3, -0.25) is 4.79 Å². The normalized spacial score (nSPS) is 21.5. The molecule has 0 spiro atoms. The molecule has 1 aromatic heterocycles. The Bertz CT molecular complexity index is 656. The van der Waals surface area contributed by atoms with Gasteiger partial charge < -0.3 is 14.8 Å². The summed E-state index contributed by atoms with van der Waals surface area (Å²) in [5.41, 5.74) is 0.352. The number of aromatic amines is 1. The Morgan fingerprint density at radius 1 is 1.04 bits per heavy atom. The third-order valence-corrected chi connectivity index (χ3v) is 6.51. The molecule has 2 aliphatic heterocycles. The number of hydrogen-bond donors (Lipinski definition) is 1. The number of likely N-dealkylation sites (N-methyl/N-ethyl adjacent to an activating group) is 1. The van der Waals surface area contributed by atoms with Crippen LogP contribution in [-0.2, 0) is 10.0 Å². The smallest absolute Gasteiger partial charge is 0.270 e. The quantitative estimate of drug-likeness (QED) is 0.873. The average molecular weight is 340 g/mol. The van der Waals surface area contributed by atoms with Crippen LogP contribution in [0.15, 0.2) is 17.2 Å². The fourth-order valence-electron chi connectivity index (χ4n) is 3.08. The molecule has 3 rings (SSSR count). The van der Waals surface area contributed by atoms with E-state index >= 15 is 0 Å². The Labute approximate surface area is 137 Å². The number of carbonyl (C=O) groups excluding carboxylic acids is 1. The fourth-order valence-corrected chi connectivity index (χ4v) is 4.59. The molecule has 7 nitrogen and oxygen atoms in total. The van der Waals surface area contributed by atoms with Crippen LogP contribution in [0.25, 0.3) is 0 Å². The summed E-state index contributed by atoms with van der Waals surface area (Å²) in [6, 6.07) is 1.48. The number of piperazine rings is 1.